The van der Waals surface area contributed by atoms with Crippen molar-refractivity contribution in [2.45, 2.75) is 39.0 Å². The number of aromatic nitrogens is 1. The van der Waals surface area contributed by atoms with Gasteiger partial charge in [-0.25, -0.2) is 0 Å². The smallest absolute Gasteiger partial charge is 0.227 e. The number of hydrogen-bond acceptors (Lipinski definition) is 3. The summed E-state index contributed by atoms with van der Waals surface area (Å²) >= 11 is 0. The average molecular weight is 352 g/mol. The molecule has 26 heavy (non-hydrogen) atoms. The Kier molecular flexibility index (Phi) is 6.64. The molecule has 1 aliphatic heterocycles. The highest BCUT2D eigenvalue weighted by molar-refractivity contribution is 5.78. The minimum atomic E-state index is 0.225. The van der Waals surface area contributed by atoms with Crippen LogP contribution in [0.2, 0.25) is 0 Å². The van der Waals surface area contributed by atoms with Gasteiger partial charge in [-0.05, 0) is 67.9 Å². The molecular formula is C22H28N2O2. The second-order valence-corrected chi connectivity index (χ2v) is 6.98. The molecule has 1 fully saturated rings. The van der Waals surface area contributed by atoms with Gasteiger partial charge in [0.25, 0.3) is 0 Å². The molecule has 1 aromatic carbocycles. The maximum atomic E-state index is 12.4. The van der Waals surface area contributed by atoms with Crippen molar-refractivity contribution in [2.75, 3.05) is 19.7 Å². The molecule has 2 aromatic rings. The first-order valence-electron chi connectivity index (χ1n) is 9.63. The Morgan fingerprint density at radius 2 is 1.92 bits per heavy atom. The molecule has 0 radical (unpaired) electrons. The lowest BCUT2D eigenvalue weighted by atomic mass is 9.90. The maximum absolute atomic E-state index is 12.4. The van der Waals surface area contributed by atoms with E-state index in [1.807, 2.05) is 24.0 Å². The molecule has 1 saturated heterocycles. The highest BCUT2D eigenvalue weighted by Crippen LogP contribution is 2.23. The van der Waals surface area contributed by atoms with Crippen LogP contribution >= 0.6 is 0 Å². The molecule has 4 nitrogen and oxygen atoms in total. The van der Waals surface area contributed by atoms with Gasteiger partial charge in [-0.2, -0.15) is 0 Å². The van der Waals surface area contributed by atoms with Crippen LogP contribution in [0, 0.1) is 5.92 Å². The summed E-state index contributed by atoms with van der Waals surface area (Å²) in [6.07, 6.45) is 8.49. The highest BCUT2D eigenvalue weighted by Gasteiger charge is 2.22. The summed E-state index contributed by atoms with van der Waals surface area (Å²) < 4.78 is 5.49. The number of ether oxygens (including phenoxy) is 1. The number of benzene rings is 1. The molecular weight excluding hydrogens is 324 g/mol. The maximum Gasteiger partial charge on any atom is 0.227 e. The summed E-state index contributed by atoms with van der Waals surface area (Å²) in [6.45, 7) is 4.47. The fourth-order valence-electron chi connectivity index (χ4n) is 3.55. The fraction of sp³-hybridized carbons (Fsp3) is 0.455. The number of carbonyl (C=O) groups excluding carboxylic acids is 1. The number of aryl methyl sites for hydroxylation is 1. The normalized spacial score (nSPS) is 15.0. The van der Waals surface area contributed by atoms with E-state index in [9.17, 15) is 4.79 Å². The van der Waals surface area contributed by atoms with Crippen LogP contribution in [0.25, 0.3) is 0 Å². The zero-order valence-corrected chi connectivity index (χ0v) is 15.6. The van der Waals surface area contributed by atoms with Gasteiger partial charge in [-0.1, -0.05) is 18.2 Å². The third-order valence-electron chi connectivity index (χ3n) is 5.12. The summed E-state index contributed by atoms with van der Waals surface area (Å²) in [5, 5.41) is 0. The standard InChI is InChI=1S/C22H28N2O2/c1-2-26-21-9-7-18(8-10-21)5-6-19-11-14-24(15-12-19)22(25)16-20-4-3-13-23-17-20/h3-4,7-10,13,17,19H,2,5-6,11-12,14-16H2,1H3. The molecule has 3 rings (SSSR count). The quantitative estimate of drug-likeness (QED) is 0.759. The van der Waals surface area contributed by atoms with E-state index < -0.39 is 0 Å². The Morgan fingerprint density at radius 1 is 1.15 bits per heavy atom. The Hall–Kier alpha value is -2.36. The van der Waals surface area contributed by atoms with E-state index in [1.54, 1.807) is 12.4 Å². The van der Waals surface area contributed by atoms with Crippen molar-refractivity contribution in [1.82, 2.24) is 9.88 Å². The number of hydrogen-bond donors (Lipinski definition) is 0. The van der Waals surface area contributed by atoms with Crippen LogP contribution in [-0.4, -0.2) is 35.5 Å². The largest absolute Gasteiger partial charge is 0.494 e. The molecule has 1 aromatic heterocycles. The molecule has 1 aliphatic rings. The minimum Gasteiger partial charge on any atom is -0.494 e. The number of likely N-dealkylation sites (tertiary alicyclic amines) is 1. The molecule has 138 valence electrons. The van der Waals surface area contributed by atoms with E-state index >= 15 is 0 Å². The molecule has 0 atom stereocenters. The van der Waals surface area contributed by atoms with Crippen molar-refractivity contribution in [1.29, 1.82) is 0 Å². The van der Waals surface area contributed by atoms with Crippen molar-refractivity contribution in [3.05, 3.63) is 59.9 Å². The van der Waals surface area contributed by atoms with Crippen LogP contribution in [-0.2, 0) is 17.6 Å². The molecule has 2 heterocycles. The first-order valence-corrected chi connectivity index (χ1v) is 9.63. The second kappa shape index (κ2) is 9.37. The van der Waals surface area contributed by atoms with Crippen LogP contribution in [0.3, 0.4) is 0 Å². The zero-order valence-electron chi connectivity index (χ0n) is 15.6. The summed E-state index contributed by atoms with van der Waals surface area (Å²) in [7, 11) is 0. The van der Waals surface area contributed by atoms with Crippen LogP contribution in [0.1, 0.15) is 37.3 Å². The predicted molar refractivity (Wildman–Crippen MR) is 103 cm³/mol. The minimum absolute atomic E-state index is 0.225. The lowest BCUT2D eigenvalue weighted by Crippen LogP contribution is -2.39. The Balaban J connectivity index is 1.40. The van der Waals surface area contributed by atoms with E-state index in [0.29, 0.717) is 18.9 Å². The Labute approximate surface area is 156 Å². The highest BCUT2D eigenvalue weighted by atomic mass is 16.5. The number of rotatable bonds is 7. The molecule has 0 aliphatic carbocycles. The van der Waals surface area contributed by atoms with Gasteiger partial charge in [0.2, 0.25) is 5.91 Å². The van der Waals surface area contributed by atoms with Crippen molar-refractivity contribution in [3.63, 3.8) is 0 Å². The van der Waals surface area contributed by atoms with Gasteiger partial charge in [0.1, 0.15) is 5.75 Å². The number of piperidine rings is 1. The van der Waals surface area contributed by atoms with Gasteiger partial charge in [-0.3, -0.25) is 9.78 Å². The van der Waals surface area contributed by atoms with Gasteiger partial charge in [0.15, 0.2) is 0 Å². The van der Waals surface area contributed by atoms with Crippen LogP contribution < -0.4 is 4.74 Å². The lowest BCUT2D eigenvalue weighted by Gasteiger charge is -2.32. The molecule has 1 amide bonds. The predicted octanol–water partition coefficient (Wildman–Crippen LogP) is 3.89. The van der Waals surface area contributed by atoms with Crippen LogP contribution in [0.5, 0.6) is 5.75 Å². The SMILES string of the molecule is CCOc1ccc(CCC2CCN(C(=O)Cc3cccnc3)CC2)cc1. The van der Waals surface area contributed by atoms with Crippen molar-refractivity contribution >= 4 is 5.91 Å². The van der Waals surface area contributed by atoms with E-state index in [4.69, 9.17) is 4.74 Å². The summed E-state index contributed by atoms with van der Waals surface area (Å²) in [5.41, 5.74) is 2.36. The molecule has 4 heteroatoms. The Bertz CT molecular complexity index is 677. The number of nitrogens with zero attached hydrogens (tertiary/aromatic N) is 2. The van der Waals surface area contributed by atoms with E-state index in [2.05, 4.69) is 29.2 Å². The third-order valence-corrected chi connectivity index (χ3v) is 5.12. The Morgan fingerprint density at radius 3 is 2.58 bits per heavy atom. The topological polar surface area (TPSA) is 42.4 Å². The number of carbonyl (C=O) groups is 1. The van der Waals surface area contributed by atoms with Gasteiger partial charge in [0.05, 0.1) is 13.0 Å². The molecule has 0 N–H and O–H groups in total. The van der Waals surface area contributed by atoms with E-state index in [-0.39, 0.29) is 5.91 Å². The van der Waals surface area contributed by atoms with Crippen molar-refractivity contribution < 1.29 is 9.53 Å². The second-order valence-electron chi connectivity index (χ2n) is 6.98. The third kappa shape index (κ3) is 5.32. The van der Waals surface area contributed by atoms with Crippen LogP contribution in [0.15, 0.2) is 48.8 Å². The monoisotopic (exact) mass is 352 g/mol. The summed E-state index contributed by atoms with van der Waals surface area (Å²) in [6, 6.07) is 12.3. The fourth-order valence-corrected chi connectivity index (χ4v) is 3.55. The van der Waals surface area contributed by atoms with Gasteiger partial charge in [0, 0.05) is 25.5 Å². The van der Waals surface area contributed by atoms with E-state index in [1.165, 1.54) is 12.0 Å². The van der Waals surface area contributed by atoms with Gasteiger partial charge < -0.3 is 9.64 Å². The zero-order chi connectivity index (χ0) is 18.2. The lowest BCUT2D eigenvalue weighted by molar-refractivity contribution is -0.131. The molecule has 0 bridgehead atoms. The first-order chi connectivity index (χ1) is 12.7. The molecule has 0 unspecified atom stereocenters. The first kappa shape index (κ1) is 18.4. The van der Waals surface area contributed by atoms with Gasteiger partial charge >= 0.3 is 0 Å². The van der Waals surface area contributed by atoms with Crippen molar-refractivity contribution in [2.24, 2.45) is 5.92 Å². The number of amides is 1. The molecule has 0 spiro atoms. The number of pyridine rings is 1. The molecule has 0 saturated carbocycles. The average Bonchev–Trinajstić information content (AvgIpc) is 2.69. The van der Waals surface area contributed by atoms with Crippen molar-refractivity contribution in [3.8, 4) is 5.75 Å². The summed E-state index contributed by atoms with van der Waals surface area (Å²) in [5.74, 6) is 1.88. The van der Waals surface area contributed by atoms with Gasteiger partial charge in [-0.15, -0.1) is 0 Å². The van der Waals surface area contributed by atoms with E-state index in [0.717, 1.165) is 43.7 Å². The van der Waals surface area contributed by atoms with Crippen LogP contribution in [0.4, 0.5) is 0 Å². The summed E-state index contributed by atoms with van der Waals surface area (Å²) in [4.78, 5) is 18.5.